The summed E-state index contributed by atoms with van der Waals surface area (Å²) in [7, 11) is 3.82. The van der Waals surface area contributed by atoms with Crippen molar-refractivity contribution in [1.29, 1.82) is 0 Å². The summed E-state index contributed by atoms with van der Waals surface area (Å²) in [5, 5.41) is 4.98. The first-order chi connectivity index (χ1) is 10.8. The van der Waals surface area contributed by atoms with E-state index in [1.54, 1.807) is 17.5 Å². The van der Waals surface area contributed by atoms with E-state index in [1.165, 1.54) is 6.07 Å². The van der Waals surface area contributed by atoms with Gasteiger partial charge >= 0.3 is 6.29 Å². The van der Waals surface area contributed by atoms with Crippen molar-refractivity contribution in [3.05, 3.63) is 23.8 Å². The van der Waals surface area contributed by atoms with Gasteiger partial charge in [0.25, 0.3) is 0 Å². The van der Waals surface area contributed by atoms with E-state index in [-0.39, 0.29) is 17.0 Å². The van der Waals surface area contributed by atoms with Crippen LogP contribution in [0.4, 0.5) is 8.78 Å². The van der Waals surface area contributed by atoms with E-state index in [0.29, 0.717) is 29.2 Å². The molecule has 0 unspecified atom stereocenters. The third-order valence-corrected chi connectivity index (χ3v) is 3.47. The average Bonchev–Trinajstić information content (AvgIpc) is 2.98. The maximum absolute atomic E-state index is 13.3. The van der Waals surface area contributed by atoms with Crippen LogP contribution in [-0.2, 0) is 6.54 Å². The second kappa shape index (κ2) is 4.48. The van der Waals surface area contributed by atoms with E-state index in [0.717, 1.165) is 0 Å². The third-order valence-electron chi connectivity index (χ3n) is 3.47. The van der Waals surface area contributed by atoms with Crippen LogP contribution in [0.1, 0.15) is 11.6 Å². The Labute approximate surface area is 129 Å². The van der Waals surface area contributed by atoms with Gasteiger partial charge in [0.05, 0.1) is 6.54 Å². The van der Waals surface area contributed by atoms with Gasteiger partial charge in [0.1, 0.15) is 11.3 Å². The molecule has 4 rings (SSSR count). The summed E-state index contributed by atoms with van der Waals surface area (Å²) in [5.41, 5.74) is 0.833. The second-order valence-electron chi connectivity index (χ2n) is 5.62. The van der Waals surface area contributed by atoms with Crippen molar-refractivity contribution in [3.63, 3.8) is 0 Å². The van der Waals surface area contributed by atoms with Crippen LogP contribution in [-0.4, -0.2) is 44.9 Å². The first-order valence-electron chi connectivity index (χ1n) is 6.93. The van der Waals surface area contributed by atoms with Crippen molar-refractivity contribution in [1.82, 2.24) is 24.5 Å². The van der Waals surface area contributed by atoms with E-state index >= 15 is 0 Å². The topological polar surface area (TPSA) is 64.8 Å². The molecule has 7 nitrogen and oxygen atoms in total. The van der Waals surface area contributed by atoms with Gasteiger partial charge in [-0.1, -0.05) is 0 Å². The highest BCUT2D eigenvalue weighted by Gasteiger charge is 2.44. The van der Waals surface area contributed by atoms with Crippen LogP contribution >= 0.6 is 0 Å². The van der Waals surface area contributed by atoms with Gasteiger partial charge < -0.3 is 14.4 Å². The number of alkyl halides is 2. The molecule has 0 amide bonds. The SMILES string of the molecule is Cc1nc2c3c(ccc2c2nc(CN(C)C)nn12)OC(F)(F)O3. The van der Waals surface area contributed by atoms with E-state index < -0.39 is 6.29 Å². The zero-order valence-corrected chi connectivity index (χ0v) is 12.7. The van der Waals surface area contributed by atoms with Crippen LogP contribution in [0, 0.1) is 6.92 Å². The predicted octanol–water partition coefficient (Wildman–Crippen LogP) is 1.97. The molecule has 120 valence electrons. The maximum atomic E-state index is 13.3. The molecule has 2 aromatic heterocycles. The molecular formula is C14H13F2N5O2. The van der Waals surface area contributed by atoms with Crippen molar-refractivity contribution in [2.45, 2.75) is 19.8 Å². The van der Waals surface area contributed by atoms with Gasteiger partial charge in [0.15, 0.2) is 23.0 Å². The molecule has 0 atom stereocenters. The Kier molecular flexibility index (Phi) is 2.74. The molecule has 1 aliphatic rings. The zero-order chi connectivity index (χ0) is 16.4. The summed E-state index contributed by atoms with van der Waals surface area (Å²) in [6.45, 7) is 2.29. The first kappa shape index (κ1) is 14.1. The number of hydrogen-bond acceptors (Lipinski definition) is 6. The summed E-state index contributed by atoms with van der Waals surface area (Å²) in [5.74, 6) is 1.04. The number of rotatable bonds is 2. The van der Waals surface area contributed by atoms with Crippen molar-refractivity contribution in [3.8, 4) is 11.5 Å². The monoisotopic (exact) mass is 321 g/mol. The molecule has 23 heavy (non-hydrogen) atoms. The summed E-state index contributed by atoms with van der Waals surface area (Å²) in [6, 6.07) is 3.06. The summed E-state index contributed by atoms with van der Waals surface area (Å²) >= 11 is 0. The molecule has 0 saturated heterocycles. The fourth-order valence-electron chi connectivity index (χ4n) is 2.60. The van der Waals surface area contributed by atoms with Gasteiger partial charge in [-0.15, -0.1) is 13.9 Å². The Morgan fingerprint density at radius 2 is 2.00 bits per heavy atom. The number of nitrogens with zero attached hydrogens (tertiary/aromatic N) is 5. The van der Waals surface area contributed by atoms with Gasteiger partial charge in [-0.2, -0.15) is 4.52 Å². The fourth-order valence-corrected chi connectivity index (χ4v) is 2.60. The lowest BCUT2D eigenvalue weighted by atomic mass is 10.2. The van der Waals surface area contributed by atoms with Crippen molar-refractivity contribution < 1.29 is 18.3 Å². The Morgan fingerprint density at radius 1 is 1.22 bits per heavy atom. The standard InChI is InChI=1S/C14H13F2N5O2/c1-7-17-11-8(4-5-9-12(11)23-14(15,16)22-9)13-18-10(6-20(2)3)19-21(7)13/h4-5H,6H2,1-3H3. The van der Waals surface area contributed by atoms with Crippen LogP contribution in [0.15, 0.2) is 12.1 Å². The molecule has 0 bridgehead atoms. The molecule has 3 heterocycles. The van der Waals surface area contributed by atoms with Crippen LogP contribution in [0.3, 0.4) is 0 Å². The lowest BCUT2D eigenvalue weighted by Gasteiger charge is -2.06. The summed E-state index contributed by atoms with van der Waals surface area (Å²) in [6.07, 6.45) is -3.68. The third kappa shape index (κ3) is 2.15. The second-order valence-corrected chi connectivity index (χ2v) is 5.62. The van der Waals surface area contributed by atoms with Gasteiger partial charge in [-0.3, -0.25) is 0 Å². The van der Waals surface area contributed by atoms with Crippen molar-refractivity contribution in [2.75, 3.05) is 14.1 Å². The van der Waals surface area contributed by atoms with Gasteiger partial charge in [0.2, 0.25) is 0 Å². The molecule has 0 spiro atoms. The highest BCUT2D eigenvalue weighted by Crippen LogP contribution is 2.45. The van der Waals surface area contributed by atoms with Crippen molar-refractivity contribution in [2.24, 2.45) is 0 Å². The normalized spacial score (nSPS) is 15.9. The van der Waals surface area contributed by atoms with Crippen LogP contribution in [0.5, 0.6) is 11.5 Å². The lowest BCUT2D eigenvalue weighted by Crippen LogP contribution is -2.26. The molecular weight excluding hydrogens is 308 g/mol. The van der Waals surface area contributed by atoms with E-state index in [4.69, 9.17) is 0 Å². The molecule has 3 aromatic rings. The molecule has 0 aliphatic carbocycles. The van der Waals surface area contributed by atoms with E-state index in [2.05, 4.69) is 24.5 Å². The van der Waals surface area contributed by atoms with Crippen LogP contribution in [0.2, 0.25) is 0 Å². The summed E-state index contributed by atoms with van der Waals surface area (Å²) in [4.78, 5) is 10.8. The average molecular weight is 321 g/mol. The lowest BCUT2D eigenvalue weighted by molar-refractivity contribution is -0.286. The van der Waals surface area contributed by atoms with E-state index in [9.17, 15) is 8.78 Å². The molecule has 0 N–H and O–H groups in total. The van der Waals surface area contributed by atoms with E-state index in [1.807, 2.05) is 19.0 Å². The van der Waals surface area contributed by atoms with Gasteiger partial charge in [0, 0.05) is 5.39 Å². The Bertz CT molecular complexity index is 938. The molecule has 0 radical (unpaired) electrons. The highest BCUT2D eigenvalue weighted by molar-refractivity contribution is 5.96. The predicted molar refractivity (Wildman–Crippen MR) is 76.6 cm³/mol. The Morgan fingerprint density at radius 3 is 2.74 bits per heavy atom. The number of benzene rings is 1. The minimum Gasteiger partial charge on any atom is -0.395 e. The minimum absolute atomic E-state index is 0.0354. The molecule has 0 fully saturated rings. The number of halogens is 2. The zero-order valence-electron chi connectivity index (χ0n) is 12.7. The van der Waals surface area contributed by atoms with Gasteiger partial charge in [-0.25, -0.2) is 9.97 Å². The van der Waals surface area contributed by atoms with Crippen LogP contribution in [0.25, 0.3) is 16.6 Å². The van der Waals surface area contributed by atoms with Gasteiger partial charge in [-0.05, 0) is 33.2 Å². The molecule has 0 saturated carbocycles. The largest absolute Gasteiger partial charge is 0.586 e. The molecule has 1 aromatic carbocycles. The Hall–Kier alpha value is -2.55. The number of hydrogen-bond donors (Lipinski definition) is 0. The highest BCUT2D eigenvalue weighted by atomic mass is 19.3. The smallest absolute Gasteiger partial charge is 0.395 e. The number of ether oxygens (including phenoxy) is 2. The Balaban J connectivity index is 1.98. The molecule has 1 aliphatic heterocycles. The fraction of sp³-hybridized carbons (Fsp3) is 0.357. The number of aryl methyl sites for hydroxylation is 1. The minimum atomic E-state index is -3.68. The number of aromatic nitrogens is 4. The van der Waals surface area contributed by atoms with Crippen LogP contribution < -0.4 is 9.47 Å². The van der Waals surface area contributed by atoms with Crippen molar-refractivity contribution >= 4 is 16.6 Å². The molecule has 9 heteroatoms. The number of fused-ring (bicyclic) bond motifs is 5. The maximum Gasteiger partial charge on any atom is 0.586 e. The summed E-state index contributed by atoms with van der Waals surface area (Å²) < 4.78 is 37.3. The first-order valence-corrected chi connectivity index (χ1v) is 6.93. The quantitative estimate of drug-likeness (QED) is 0.719.